The fourth-order valence-electron chi connectivity index (χ4n) is 2.37. The molecule has 2 rings (SSSR count). The molecule has 1 fully saturated rings. The first-order valence-electron chi connectivity index (χ1n) is 7.44. The fourth-order valence-corrected chi connectivity index (χ4v) is 2.37. The Bertz CT molecular complexity index is 358. The van der Waals surface area contributed by atoms with Gasteiger partial charge in [-0.05, 0) is 38.0 Å². The Morgan fingerprint density at radius 2 is 2.00 bits per heavy atom. The standard InChI is InChI=1S/C15H25N3O/c1-3-8-16-15-10-17-13(9-18-15)11-19-14-6-4-12(2)5-7-14/h9-10,12,14H,3-8,11H2,1-2H3,(H,16,18). The summed E-state index contributed by atoms with van der Waals surface area (Å²) in [6.45, 7) is 5.97. The number of nitrogens with zero attached hydrogens (tertiary/aromatic N) is 2. The molecule has 0 unspecified atom stereocenters. The van der Waals surface area contributed by atoms with Gasteiger partial charge in [0.15, 0.2) is 0 Å². The molecule has 0 aromatic carbocycles. The summed E-state index contributed by atoms with van der Waals surface area (Å²) in [6.07, 6.45) is 10.0. The molecule has 1 aliphatic carbocycles. The van der Waals surface area contributed by atoms with Gasteiger partial charge in [-0.2, -0.15) is 0 Å². The number of anilines is 1. The molecule has 0 atom stereocenters. The predicted octanol–water partition coefficient (Wildman–Crippen LogP) is 3.39. The van der Waals surface area contributed by atoms with E-state index in [2.05, 4.69) is 29.1 Å². The second-order valence-electron chi connectivity index (χ2n) is 5.51. The van der Waals surface area contributed by atoms with Gasteiger partial charge in [-0.15, -0.1) is 0 Å². The Labute approximate surface area is 116 Å². The van der Waals surface area contributed by atoms with Gasteiger partial charge in [0.1, 0.15) is 5.82 Å². The number of rotatable bonds is 6. The van der Waals surface area contributed by atoms with Crippen LogP contribution in [0.2, 0.25) is 0 Å². The first-order chi connectivity index (χ1) is 9.28. The van der Waals surface area contributed by atoms with Crippen molar-refractivity contribution >= 4 is 5.82 Å². The van der Waals surface area contributed by atoms with Crippen LogP contribution in [0.4, 0.5) is 5.82 Å². The van der Waals surface area contributed by atoms with Crippen molar-refractivity contribution < 1.29 is 4.74 Å². The SMILES string of the molecule is CCCNc1cnc(COC2CCC(C)CC2)cn1. The molecule has 1 aliphatic rings. The Kier molecular flexibility index (Phi) is 5.58. The summed E-state index contributed by atoms with van der Waals surface area (Å²) in [5.74, 6) is 1.71. The smallest absolute Gasteiger partial charge is 0.144 e. The minimum Gasteiger partial charge on any atom is -0.372 e. The van der Waals surface area contributed by atoms with Crippen molar-refractivity contribution in [1.29, 1.82) is 0 Å². The van der Waals surface area contributed by atoms with Gasteiger partial charge >= 0.3 is 0 Å². The number of hydrogen-bond donors (Lipinski definition) is 1. The molecular weight excluding hydrogens is 238 g/mol. The average molecular weight is 263 g/mol. The summed E-state index contributed by atoms with van der Waals surface area (Å²) >= 11 is 0. The van der Waals surface area contributed by atoms with Crippen LogP contribution in [0.1, 0.15) is 51.6 Å². The lowest BCUT2D eigenvalue weighted by Crippen LogP contribution is -2.20. The molecule has 1 heterocycles. The lowest BCUT2D eigenvalue weighted by molar-refractivity contribution is 0.00716. The molecule has 4 heteroatoms. The average Bonchev–Trinajstić information content (AvgIpc) is 2.46. The summed E-state index contributed by atoms with van der Waals surface area (Å²) in [5, 5.41) is 3.22. The van der Waals surface area contributed by atoms with Gasteiger partial charge in [-0.25, -0.2) is 4.98 Å². The molecule has 1 aromatic heterocycles. The van der Waals surface area contributed by atoms with E-state index >= 15 is 0 Å². The van der Waals surface area contributed by atoms with Crippen LogP contribution in [-0.4, -0.2) is 22.6 Å². The van der Waals surface area contributed by atoms with E-state index in [9.17, 15) is 0 Å². The lowest BCUT2D eigenvalue weighted by atomic mass is 9.89. The summed E-state index contributed by atoms with van der Waals surface area (Å²) < 4.78 is 5.92. The summed E-state index contributed by atoms with van der Waals surface area (Å²) in [4.78, 5) is 8.72. The summed E-state index contributed by atoms with van der Waals surface area (Å²) in [6, 6.07) is 0. The second-order valence-corrected chi connectivity index (χ2v) is 5.51. The highest BCUT2D eigenvalue weighted by Gasteiger charge is 2.18. The molecule has 0 amide bonds. The number of hydrogen-bond acceptors (Lipinski definition) is 4. The van der Waals surface area contributed by atoms with Crippen molar-refractivity contribution in [3.8, 4) is 0 Å². The molecule has 1 saturated carbocycles. The summed E-state index contributed by atoms with van der Waals surface area (Å²) in [5.41, 5.74) is 0.917. The van der Waals surface area contributed by atoms with Gasteiger partial charge in [0, 0.05) is 6.54 Å². The van der Waals surface area contributed by atoms with Crippen LogP contribution < -0.4 is 5.32 Å². The molecular formula is C15H25N3O. The van der Waals surface area contributed by atoms with E-state index in [0.29, 0.717) is 12.7 Å². The molecule has 1 aromatic rings. The minimum absolute atomic E-state index is 0.413. The maximum atomic E-state index is 5.92. The third-order valence-corrected chi connectivity index (χ3v) is 3.69. The van der Waals surface area contributed by atoms with E-state index < -0.39 is 0 Å². The fraction of sp³-hybridized carbons (Fsp3) is 0.733. The van der Waals surface area contributed by atoms with Gasteiger partial charge in [-0.3, -0.25) is 4.98 Å². The highest BCUT2D eigenvalue weighted by Crippen LogP contribution is 2.25. The van der Waals surface area contributed by atoms with E-state index in [0.717, 1.165) is 30.4 Å². The van der Waals surface area contributed by atoms with Crippen LogP contribution in [0.5, 0.6) is 0 Å². The van der Waals surface area contributed by atoms with Gasteiger partial charge in [0.25, 0.3) is 0 Å². The monoisotopic (exact) mass is 263 g/mol. The minimum atomic E-state index is 0.413. The van der Waals surface area contributed by atoms with Crippen LogP contribution in [0.15, 0.2) is 12.4 Å². The van der Waals surface area contributed by atoms with Crippen molar-refractivity contribution in [1.82, 2.24) is 9.97 Å². The maximum absolute atomic E-state index is 5.92. The van der Waals surface area contributed by atoms with Crippen molar-refractivity contribution in [2.45, 2.75) is 58.7 Å². The summed E-state index contributed by atoms with van der Waals surface area (Å²) in [7, 11) is 0. The molecule has 4 nitrogen and oxygen atoms in total. The number of nitrogens with one attached hydrogen (secondary N) is 1. The zero-order chi connectivity index (χ0) is 13.5. The maximum Gasteiger partial charge on any atom is 0.144 e. The second kappa shape index (κ2) is 7.43. The number of aromatic nitrogens is 2. The molecule has 1 N–H and O–H groups in total. The lowest BCUT2D eigenvalue weighted by Gasteiger charge is -2.26. The zero-order valence-corrected chi connectivity index (χ0v) is 12.1. The van der Waals surface area contributed by atoms with Crippen molar-refractivity contribution in [2.24, 2.45) is 5.92 Å². The quantitative estimate of drug-likeness (QED) is 0.854. The van der Waals surface area contributed by atoms with Gasteiger partial charge < -0.3 is 10.1 Å². The van der Waals surface area contributed by atoms with Crippen LogP contribution in [0, 0.1) is 5.92 Å². The molecule has 0 radical (unpaired) electrons. The van der Waals surface area contributed by atoms with Gasteiger partial charge in [0.05, 0.1) is 30.8 Å². The largest absolute Gasteiger partial charge is 0.372 e. The van der Waals surface area contributed by atoms with E-state index in [1.165, 1.54) is 25.7 Å². The molecule has 0 saturated heterocycles. The highest BCUT2D eigenvalue weighted by molar-refractivity contribution is 5.30. The van der Waals surface area contributed by atoms with E-state index in [4.69, 9.17) is 4.74 Å². The highest BCUT2D eigenvalue weighted by atomic mass is 16.5. The van der Waals surface area contributed by atoms with Gasteiger partial charge in [-0.1, -0.05) is 13.8 Å². The Balaban J connectivity index is 1.73. The van der Waals surface area contributed by atoms with E-state index in [1.807, 2.05) is 6.20 Å². The normalized spacial score (nSPS) is 23.3. The van der Waals surface area contributed by atoms with Crippen LogP contribution in [0.25, 0.3) is 0 Å². The Hall–Kier alpha value is -1.16. The molecule has 0 bridgehead atoms. The molecule has 0 aliphatic heterocycles. The number of ether oxygens (including phenoxy) is 1. The predicted molar refractivity (Wildman–Crippen MR) is 77.0 cm³/mol. The molecule has 0 spiro atoms. The Morgan fingerprint density at radius 1 is 1.21 bits per heavy atom. The Morgan fingerprint density at radius 3 is 2.63 bits per heavy atom. The first kappa shape index (κ1) is 14.3. The van der Waals surface area contributed by atoms with Crippen molar-refractivity contribution in [3.05, 3.63) is 18.1 Å². The van der Waals surface area contributed by atoms with E-state index in [1.54, 1.807) is 6.20 Å². The van der Waals surface area contributed by atoms with Crippen molar-refractivity contribution in [2.75, 3.05) is 11.9 Å². The molecule has 106 valence electrons. The topological polar surface area (TPSA) is 47.0 Å². The third-order valence-electron chi connectivity index (χ3n) is 3.69. The van der Waals surface area contributed by atoms with Crippen LogP contribution >= 0.6 is 0 Å². The third kappa shape index (κ3) is 4.78. The van der Waals surface area contributed by atoms with E-state index in [-0.39, 0.29) is 0 Å². The van der Waals surface area contributed by atoms with Crippen molar-refractivity contribution in [3.63, 3.8) is 0 Å². The zero-order valence-electron chi connectivity index (χ0n) is 12.1. The molecule has 19 heavy (non-hydrogen) atoms. The first-order valence-corrected chi connectivity index (χ1v) is 7.44. The van der Waals surface area contributed by atoms with Gasteiger partial charge in [0.2, 0.25) is 0 Å². The van der Waals surface area contributed by atoms with Crippen LogP contribution in [-0.2, 0) is 11.3 Å². The van der Waals surface area contributed by atoms with Crippen LogP contribution in [0.3, 0.4) is 0 Å².